The van der Waals surface area contributed by atoms with Gasteiger partial charge in [-0.25, -0.2) is 0 Å². The minimum absolute atomic E-state index is 0.192. The second-order valence-corrected chi connectivity index (χ2v) is 6.18. The molecule has 0 radical (unpaired) electrons. The van der Waals surface area contributed by atoms with Crippen LogP contribution in [0, 0.1) is 11.3 Å². The SMILES string of the molecule is N#CC1(c2cccc(C3=CC4COCC(C3)N4)c2)CC1. The van der Waals surface area contributed by atoms with Crippen molar-refractivity contribution in [3.63, 3.8) is 0 Å². The Balaban J connectivity index is 1.68. The molecule has 2 atom stereocenters. The van der Waals surface area contributed by atoms with E-state index >= 15 is 0 Å². The first-order valence-electron chi connectivity index (χ1n) is 7.36. The summed E-state index contributed by atoms with van der Waals surface area (Å²) in [7, 11) is 0. The Morgan fingerprint density at radius 3 is 2.95 bits per heavy atom. The Bertz CT molecular complexity index is 610. The van der Waals surface area contributed by atoms with Crippen molar-refractivity contribution >= 4 is 5.57 Å². The van der Waals surface area contributed by atoms with Crippen LogP contribution in [0.4, 0.5) is 0 Å². The van der Waals surface area contributed by atoms with Crippen molar-refractivity contribution in [1.29, 1.82) is 5.26 Å². The normalized spacial score (nSPS) is 30.2. The lowest BCUT2D eigenvalue weighted by atomic mass is 9.88. The number of hydrogen-bond acceptors (Lipinski definition) is 3. The second-order valence-electron chi connectivity index (χ2n) is 6.18. The molecular weight excluding hydrogens is 248 g/mol. The van der Waals surface area contributed by atoms with E-state index in [0.717, 1.165) is 32.5 Å². The predicted molar refractivity (Wildman–Crippen MR) is 77.1 cm³/mol. The highest BCUT2D eigenvalue weighted by Gasteiger charge is 2.45. The van der Waals surface area contributed by atoms with E-state index in [2.05, 4.69) is 41.7 Å². The zero-order chi connectivity index (χ0) is 13.6. The third kappa shape index (κ3) is 1.96. The molecule has 1 N–H and O–H groups in total. The van der Waals surface area contributed by atoms with Crippen LogP contribution in [0.5, 0.6) is 0 Å². The largest absolute Gasteiger partial charge is 0.378 e. The highest BCUT2D eigenvalue weighted by molar-refractivity contribution is 5.69. The van der Waals surface area contributed by atoms with Gasteiger partial charge in [0.15, 0.2) is 0 Å². The summed E-state index contributed by atoms with van der Waals surface area (Å²) in [6.45, 7) is 1.57. The molecule has 4 rings (SSSR count). The molecule has 1 aromatic carbocycles. The lowest BCUT2D eigenvalue weighted by Gasteiger charge is -2.35. The molecule has 2 fully saturated rings. The Morgan fingerprint density at radius 2 is 2.20 bits per heavy atom. The summed E-state index contributed by atoms with van der Waals surface area (Å²) in [4.78, 5) is 0. The lowest BCUT2D eigenvalue weighted by Crippen LogP contribution is -2.50. The topological polar surface area (TPSA) is 45.0 Å². The molecule has 1 saturated heterocycles. The van der Waals surface area contributed by atoms with E-state index < -0.39 is 0 Å². The van der Waals surface area contributed by atoms with Gasteiger partial charge in [-0.05, 0) is 42.0 Å². The second kappa shape index (κ2) is 4.44. The van der Waals surface area contributed by atoms with E-state index in [1.54, 1.807) is 0 Å². The van der Waals surface area contributed by atoms with Gasteiger partial charge in [-0.1, -0.05) is 24.3 Å². The van der Waals surface area contributed by atoms with E-state index in [9.17, 15) is 5.26 Å². The third-order valence-corrected chi connectivity index (χ3v) is 4.68. The molecule has 1 aromatic rings. The molecule has 102 valence electrons. The van der Waals surface area contributed by atoms with Crippen LogP contribution in [-0.2, 0) is 10.2 Å². The molecule has 3 aliphatic rings. The molecule has 0 aromatic heterocycles. The lowest BCUT2D eigenvalue weighted by molar-refractivity contribution is 0.0561. The van der Waals surface area contributed by atoms with Crippen molar-refractivity contribution in [1.82, 2.24) is 5.32 Å². The van der Waals surface area contributed by atoms with Gasteiger partial charge in [-0.2, -0.15) is 5.26 Å². The van der Waals surface area contributed by atoms with Crippen LogP contribution in [0.25, 0.3) is 5.57 Å². The van der Waals surface area contributed by atoms with E-state index in [0.29, 0.717) is 12.1 Å². The van der Waals surface area contributed by atoms with E-state index in [4.69, 9.17) is 4.74 Å². The zero-order valence-electron chi connectivity index (χ0n) is 11.4. The number of nitrogens with zero attached hydrogens (tertiary/aromatic N) is 1. The zero-order valence-corrected chi connectivity index (χ0v) is 11.4. The number of fused-ring (bicyclic) bond motifs is 2. The Labute approximate surface area is 119 Å². The van der Waals surface area contributed by atoms with Crippen LogP contribution in [0.2, 0.25) is 0 Å². The summed E-state index contributed by atoms with van der Waals surface area (Å²) in [6, 6.07) is 11.9. The van der Waals surface area contributed by atoms with Gasteiger partial charge in [0.05, 0.1) is 24.7 Å². The van der Waals surface area contributed by atoms with Crippen LogP contribution < -0.4 is 5.32 Å². The van der Waals surface area contributed by atoms with Gasteiger partial charge in [0, 0.05) is 12.1 Å². The van der Waals surface area contributed by atoms with E-state index in [-0.39, 0.29) is 5.41 Å². The minimum Gasteiger partial charge on any atom is -0.378 e. The summed E-state index contributed by atoms with van der Waals surface area (Å²) >= 11 is 0. The number of nitrogens with one attached hydrogen (secondary N) is 1. The maximum Gasteiger partial charge on any atom is 0.0824 e. The molecule has 2 bridgehead atoms. The molecule has 3 nitrogen and oxygen atoms in total. The number of morpholine rings is 1. The van der Waals surface area contributed by atoms with Crippen LogP contribution in [-0.4, -0.2) is 25.3 Å². The van der Waals surface area contributed by atoms with E-state index in [1.165, 1.54) is 16.7 Å². The van der Waals surface area contributed by atoms with Crippen LogP contribution in [0.3, 0.4) is 0 Å². The van der Waals surface area contributed by atoms with Gasteiger partial charge in [0.1, 0.15) is 0 Å². The first-order valence-corrected chi connectivity index (χ1v) is 7.36. The van der Waals surface area contributed by atoms with Crippen molar-refractivity contribution in [3.05, 3.63) is 41.5 Å². The Kier molecular flexibility index (Phi) is 2.70. The fraction of sp³-hybridized carbons (Fsp3) is 0.471. The summed E-state index contributed by atoms with van der Waals surface area (Å²) in [6.07, 6.45) is 5.32. The van der Waals surface area contributed by atoms with Gasteiger partial charge >= 0.3 is 0 Å². The standard InChI is InChI=1S/C17H18N2O/c18-11-17(4-5-17)14-3-1-2-12(6-14)13-7-15-9-20-10-16(8-13)19-15/h1-3,6-7,15-16,19H,4-5,8-10H2. The van der Waals surface area contributed by atoms with Gasteiger partial charge in [0.25, 0.3) is 0 Å². The summed E-state index contributed by atoms with van der Waals surface area (Å²) in [5.74, 6) is 0. The molecule has 0 spiro atoms. The Morgan fingerprint density at radius 1 is 1.30 bits per heavy atom. The molecule has 1 aliphatic carbocycles. The average molecular weight is 266 g/mol. The molecule has 2 unspecified atom stereocenters. The van der Waals surface area contributed by atoms with Crippen molar-refractivity contribution in [2.75, 3.05) is 13.2 Å². The number of rotatable bonds is 2. The Hall–Kier alpha value is -1.63. The maximum absolute atomic E-state index is 9.35. The van der Waals surface area contributed by atoms with E-state index in [1.807, 2.05) is 0 Å². The van der Waals surface area contributed by atoms with Crippen molar-refractivity contribution < 1.29 is 4.74 Å². The predicted octanol–water partition coefficient (Wildman–Crippen LogP) is 2.39. The van der Waals surface area contributed by atoms with Crippen LogP contribution in [0.15, 0.2) is 30.3 Å². The first-order chi connectivity index (χ1) is 9.79. The fourth-order valence-electron chi connectivity index (χ4n) is 3.35. The maximum atomic E-state index is 9.35. The number of nitriles is 1. The molecular formula is C17H18N2O. The minimum atomic E-state index is -0.192. The highest BCUT2D eigenvalue weighted by atomic mass is 16.5. The number of benzene rings is 1. The summed E-state index contributed by atoms with van der Waals surface area (Å²) in [5, 5.41) is 12.9. The summed E-state index contributed by atoms with van der Waals surface area (Å²) < 4.78 is 5.58. The quantitative estimate of drug-likeness (QED) is 0.894. The van der Waals surface area contributed by atoms with Gasteiger partial charge in [-0.15, -0.1) is 0 Å². The smallest absolute Gasteiger partial charge is 0.0824 e. The highest BCUT2D eigenvalue weighted by Crippen LogP contribution is 2.48. The molecule has 20 heavy (non-hydrogen) atoms. The third-order valence-electron chi connectivity index (χ3n) is 4.68. The van der Waals surface area contributed by atoms with Gasteiger partial charge < -0.3 is 10.1 Å². The van der Waals surface area contributed by atoms with Gasteiger partial charge in [0.2, 0.25) is 0 Å². The number of ether oxygens (including phenoxy) is 1. The van der Waals surface area contributed by atoms with Gasteiger partial charge in [-0.3, -0.25) is 0 Å². The monoisotopic (exact) mass is 266 g/mol. The molecule has 2 aliphatic heterocycles. The van der Waals surface area contributed by atoms with Crippen molar-refractivity contribution in [3.8, 4) is 6.07 Å². The molecule has 0 amide bonds. The van der Waals surface area contributed by atoms with Crippen molar-refractivity contribution in [2.24, 2.45) is 0 Å². The first kappa shape index (κ1) is 12.1. The molecule has 3 heteroatoms. The van der Waals surface area contributed by atoms with Crippen LogP contribution >= 0.6 is 0 Å². The molecule has 2 heterocycles. The van der Waals surface area contributed by atoms with Crippen molar-refractivity contribution in [2.45, 2.75) is 36.8 Å². The number of hydrogen-bond donors (Lipinski definition) is 1. The fourth-order valence-corrected chi connectivity index (χ4v) is 3.35. The average Bonchev–Trinajstić information content (AvgIpc) is 3.28. The van der Waals surface area contributed by atoms with Crippen LogP contribution in [0.1, 0.15) is 30.4 Å². The molecule has 1 saturated carbocycles. The summed E-state index contributed by atoms with van der Waals surface area (Å²) in [5.41, 5.74) is 3.68.